The maximum absolute atomic E-state index is 14.5. The van der Waals surface area contributed by atoms with Crippen molar-refractivity contribution < 1.29 is 32.4 Å². The average molecular weight is 403 g/mol. The first-order chi connectivity index (χ1) is 13.1. The lowest BCUT2D eigenvalue weighted by Crippen LogP contribution is -2.35. The fourth-order valence-corrected chi connectivity index (χ4v) is 2.27. The monoisotopic (exact) mass is 403 g/mol. The molecule has 1 rings (SSSR count). The number of Topliss-reactive ketones (excluding diaryl/α,β-unsaturated/α-hetero) is 1. The minimum absolute atomic E-state index is 0.143. The Bertz CT molecular complexity index is 823. The van der Waals surface area contributed by atoms with Crippen LogP contribution in [0.3, 0.4) is 0 Å². The van der Waals surface area contributed by atoms with E-state index in [0.717, 1.165) is 13.1 Å². The fraction of sp³-hybridized carbons (Fsp3) is 0.412. The average Bonchev–Trinajstić information content (AvgIpc) is 2.65. The van der Waals surface area contributed by atoms with Crippen LogP contribution in [0.5, 0.6) is 0 Å². The van der Waals surface area contributed by atoms with Crippen LogP contribution >= 0.6 is 0 Å². The molecule has 0 aromatic heterocycles. The second-order valence-electron chi connectivity index (χ2n) is 5.46. The Morgan fingerprint density at radius 3 is 2.18 bits per heavy atom. The summed E-state index contributed by atoms with van der Waals surface area (Å²) in [6, 6.07) is 0. The van der Waals surface area contributed by atoms with Crippen LogP contribution in [0.2, 0.25) is 0 Å². The maximum Gasteiger partial charge on any atom is 0.343 e. The Morgan fingerprint density at radius 1 is 1.14 bits per heavy atom. The Balaban J connectivity index is 3.66. The van der Waals surface area contributed by atoms with Gasteiger partial charge in [0, 0.05) is 24.9 Å². The highest BCUT2D eigenvalue weighted by Crippen LogP contribution is 2.32. The zero-order valence-corrected chi connectivity index (χ0v) is 15.8. The number of nitrogens with one attached hydrogen (secondary N) is 1. The van der Waals surface area contributed by atoms with Crippen molar-refractivity contribution in [2.24, 2.45) is 0 Å². The van der Waals surface area contributed by atoms with E-state index in [-0.39, 0.29) is 6.61 Å². The van der Waals surface area contributed by atoms with Gasteiger partial charge in [-0.25, -0.2) is 18.6 Å². The van der Waals surface area contributed by atoms with E-state index in [1.807, 2.05) is 0 Å². The molecule has 0 saturated heterocycles. The van der Waals surface area contributed by atoms with Gasteiger partial charge in [-0.15, -0.1) is 0 Å². The molecule has 0 aliphatic heterocycles. The highest BCUT2D eigenvalue weighted by molar-refractivity contribution is 6.25. The van der Waals surface area contributed by atoms with E-state index in [4.69, 9.17) is 4.74 Å². The van der Waals surface area contributed by atoms with E-state index >= 15 is 0 Å². The number of esters is 1. The van der Waals surface area contributed by atoms with Crippen LogP contribution in [0, 0.1) is 34.5 Å². The number of benzene rings is 1. The van der Waals surface area contributed by atoms with Crippen molar-refractivity contribution in [3.63, 3.8) is 0 Å². The molecular formula is C17H20F3N3O5. The number of hydrogen-bond acceptors (Lipinski definition) is 7. The molecule has 0 bridgehead atoms. The van der Waals surface area contributed by atoms with Crippen LogP contribution in [0.25, 0.3) is 0 Å². The largest absolute Gasteiger partial charge is 0.462 e. The van der Waals surface area contributed by atoms with Crippen molar-refractivity contribution in [2.75, 3.05) is 19.7 Å². The number of ether oxygens (including phenoxy) is 1. The standard InChI is InChI=1S/C17H20F3N3O5/c1-5-22(6-2)21-8-10(17(25)28-7-3)16(24)11-12(18)9(4)13(19)14(20)15(11)23(26)27/h8,21H,5-7H2,1-4H3. The third-order valence-corrected chi connectivity index (χ3v) is 3.82. The molecule has 0 unspecified atom stereocenters. The molecule has 1 aromatic carbocycles. The van der Waals surface area contributed by atoms with Crippen LogP contribution in [0.4, 0.5) is 18.9 Å². The quantitative estimate of drug-likeness (QED) is 0.0989. The van der Waals surface area contributed by atoms with Crippen LogP contribution in [-0.4, -0.2) is 41.4 Å². The molecule has 11 heteroatoms. The van der Waals surface area contributed by atoms with Gasteiger partial charge in [0.2, 0.25) is 11.6 Å². The lowest BCUT2D eigenvalue weighted by Gasteiger charge is -2.18. The first kappa shape index (κ1) is 23.1. The van der Waals surface area contributed by atoms with E-state index in [2.05, 4.69) is 5.43 Å². The highest BCUT2D eigenvalue weighted by Gasteiger charge is 2.37. The smallest absolute Gasteiger partial charge is 0.343 e. The summed E-state index contributed by atoms with van der Waals surface area (Å²) < 4.78 is 47.0. The lowest BCUT2D eigenvalue weighted by atomic mass is 9.98. The van der Waals surface area contributed by atoms with Crippen molar-refractivity contribution in [1.82, 2.24) is 10.4 Å². The topological polar surface area (TPSA) is 102 Å². The summed E-state index contributed by atoms with van der Waals surface area (Å²) in [7, 11) is 0. The fourth-order valence-electron chi connectivity index (χ4n) is 2.27. The van der Waals surface area contributed by atoms with E-state index in [9.17, 15) is 32.9 Å². The lowest BCUT2D eigenvalue weighted by molar-refractivity contribution is -0.388. The molecule has 0 saturated carbocycles. The number of nitro benzene ring substituents is 1. The van der Waals surface area contributed by atoms with Gasteiger partial charge in [-0.2, -0.15) is 4.39 Å². The summed E-state index contributed by atoms with van der Waals surface area (Å²) >= 11 is 0. The van der Waals surface area contributed by atoms with Gasteiger partial charge >= 0.3 is 11.7 Å². The molecule has 0 spiro atoms. The zero-order valence-electron chi connectivity index (χ0n) is 15.8. The van der Waals surface area contributed by atoms with E-state index in [1.165, 1.54) is 6.92 Å². The number of hydrazine groups is 1. The summed E-state index contributed by atoms with van der Waals surface area (Å²) in [6.07, 6.45) is 0.882. The summed E-state index contributed by atoms with van der Waals surface area (Å²) in [6.45, 7) is 6.56. The van der Waals surface area contributed by atoms with Gasteiger partial charge in [-0.3, -0.25) is 14.9 Å². The second-order valence-corrected chi connectivity index (χ2v) is 5.46. The molecule has 154 valence electrons. The molecule has 8 nitrogen and oxygen atoms in total. The Hall–Kier alpha value is -2.95. The van der Waals surface area contributed by atoms with Crippen LogP contribution in [0.1, 0.15) is 36.7 Å². The third kappa shape index (κ3) is 4.66. The minimum Gasteiger partial charge on any atom is -0.462 e. The van der Waals surface area contributed by atoms with Gasteiger partial charge in [0.05, 0.1) is 11.5 Å². The zero-order chi connectivity index (χ0) is 21.6. The van der Waals surface area contributed by atoms with Gasteiger partial charge in [0.1, 0.15) is 17.0 Å². The number of halogens is 3. The molecule has 0 fully saturated rings. The van der Waals surface area contributed by atoms with Gasteiger partial charge in [0.15, 0.2) is 5.82 Å². The van der Waals surface area contributed by atoms with Gasteiger partial charge in [-0.05, 0) is 13.8 Å². The molecular weight excluding hydrogens is 383 g/mol. The van der Waals surface area contributed by atoms with Crippen molar-refractivity contribution in [3.05, 3.63) is 50.5 Å². The highest BCUT2D eigenvalue weighted by atomic mass is 19.2. The SMILES string of the molecule is CCOC(=O)C(=CNN(CC)CC)C(=O)c1c(F)c(C)c(F)c(F)c1[N+](=O)[O-]. The molecule has 1 aromatic rings. The Kier molecular flexibility index (Phi) is 8.11. The summed E-state index contributed by atoms with van der Waals surface area (Å²) in [5, 5.41) is 12.7. The molecule has 1 N–H and O–H groups in total. The summed E-state index contributed by atoms with van der Waals surface area (Å²) in [4.78, 5) is 34.6. The van der Waals surface area contributed by atoms with Crippen molar-refractivity contribution >= 4 is 17.4 Å². The van der Waals surface area contributed by atoms with Crippen molar-refractivity contribution in [3.8, 4) is 0 Å². The van der Waals surface area contributed by atoms with Crippen LogP contribution in [-0.2, 0) is 9.53 Å². The Labute approximate surface area is 159 Å². The van der Waals surface area contributed by atoms with Crippen LogP contribution < -0.4 is 5.43 Å². The molecule has 0 aliphatic carbocycles. The van der Waals surface area contributed by atoms with Gasteiger partial charge < -0.3 is 10.2 Å². The van der Waals surface area contributed by atoms with Gasteiger partial charge in [-0.1, -0.05) is 13.8 Å². The van der Waals surface area contributed by atoms with E-state index < -0.39 is 56.5 Å². The predicted octanol–water partition coefficient (Wildman–Crippen LogP) is 2.80. The van der Waals surface area contributed by atoms with Crippen molar-refractivity contribution in [1.29, 1.82) is 0 Å². The molecule has 28 heavy (non-hydrogen) atoms. The second kappa shape index (κ2) is 9.83. The number of nitrogens with zero attached hydrogens (tertiary/aromatic N) is 2. The van der Waals surface area contributed by atoms with E-state index in [1.54, 1.807) is 18.9 Å². The number of rotatable bonds is 9. The molecule has 0 amide bonds. The molecule has 0 heterocycles. The first-order valence-corrected chi connectivity index (χ1v) is 8.36. The first-order valence-electron chi connectivity index (χ1n) is 8.36. The van der Waals surface area contributed by atoms with Gasteiger partial charge in [0.25, 0.3) is 0 Å². The normalized spacial score (nSPS) is 11.5. The number of hydrogen-bond donors (Lipinski definition) is 1. The summed E-state index contributed by atoms with van der Waals surface area (Å²) in [5.41, 5.74) is -2.17. The predicted molar refractivity (Wildman–Crippen MR) is 92.8 cm³/mol. The Morgan fingerprint density at radius 2 is 1.71 bits per heavy atom. The van der Waals surface area contributed by atoms with Crippen molar-refractivity contribution in [2.45, 2.75) is 27.7 Å². The molecule has 0 atom stereocenters. The summed E-state index contributed by atoms with van der Waals surface area (Å²) in [5.74, 6) is -8.13. The molecule has 0 aliphatic rings. The third-order valence-electron chi connectivity index (χ3n) is 3.82. The number of carbonyl (C=O) groups excluding carboxylic acids is 2. The number of nitro groups is 1. The van der Waals surface area contributed by atoms with Crippen LogP contribution in [0.15, 0.2) is 11.8 Å². The maximum atomic E-state index is 14.5. The number of carbonyl (C=O) groups is 2. The van der Waals surface area contributed by atoms with E-state index in [0.29, 0.717) is 13.1 Å². The molecule has 0 radical (unpaired) electrons. The number of ketones is 1. The minimum atomic E-state index is -1.99.